The number of imidazole rings is 1. The van der Waals surface area contributed by atoms with Crippen LogP contribution in [0, 0.1) is 0 Å². The van der Waals surface area contributed by atoms with Gasteiger partial charge in [-0.1, -0.05) is 11.6 Å². The fraction of sp³-hybridized carbons (Fsp3) is 0.300. The highest BCUT2D eigenvalue weighted by Crippen LogP contribution is 2.35. The average molecular weight is 321 g/mol. The lowest BCUT2D eigenvalue weighted by molar-refractivity contribution is 0.712. The van der Waals surface area contributed by atoms with Gasteiger partial charge in [0, 0.05) is 7.05 Å². The summed E-state index contributed by atoms with van der Waals surface area (Å²) in [5.74, 6) is 0.937. The Hall–Kier alpha value is -0.360. The quantitative estimate of drug-likeness (QED) is 0.940. The van der Waals surface area contributed by atoms with Crippen molar-refractivity contribution in [2.45, 2.75) is 6.54 Å². The van der Waals surface area contributed by atoms with Crippen LogP contribution < -0.4 is 5.32 Å². The monoisotopic (exact) mass is 319 g/mol. The van der Waals surface area contributed by atoms with Gasteiger partial charge in [0.2, 0.25) is 0 Å². The van der Waals surface area contributed by atoms with Gasteiger partial charge in [-0.05, 0) is 35.1 Å². The van der Waals surface area contributed by atoms with Gasteiger partial charge in [-0.15, -0.1) is 11.3 Å². The molecule has 1 N–H and O–H groups in total. The Kier molecular flexibility index (Phi) is 3.69. The molecule has 0 radical (unpaired) electrons. The molecule has 6 heteroatoms. The van der Waals surface area contributed by atoms with E-state index < -0.39 is 0 Å². The summed E-state index contributed by atoms with van der Waals surface area (Å²) in [6, 6.07) is 4.06. The Balaban J connectivity index is 2.48. The van der Waals surface area contributed by atoms with Crippen molar-refractivity contribution in [3.8, 4) is 10.6 Å². The molecule has 0 aliphatic rings. The molecule has 0 fully saturated rings. The highest BCUT2D eigenvalue weighted by Gasteiger charge is 2.15. The number of hydrogen-bond donors (Lipinski definition) is 1. The van der Waals surface area contributed by atoms with Crippen molar-refractivity contribution in [1.82, 2.24) is 14.9 Å². The average Bonchev–Trinajstić information content (AvgIpc) is 2.74. The second-order valence-electron chi connectivity index (χ2n) is 3.36. The van der Waals surface area contributed by atoms with E-state index in [1.54, 1.807) is 11.3 Å². The molecule has 2 heterocycles. The zero-order valence-electron chi connectivity index (χ0n) is 8.92. The maximum atomic E-state index is 6.16. The standard InChI is InChI=1S/C10H11BrClN3S/c1-13-5-8-14-10(12)9(15(8)2)6-3-4-7(11)16-6/h3-4,13H,5H2,1-2H3. The summed E-state index contributed by atoms with van der Waals surface area (Å²) in [5.41, 5.74) is 0.975. The molecule has 0 aliphatic carbocycles. The maximum Gasteiger partial charge on any atom is 0.156 e. The lowest BCUT2D eigenvalue weighted by atomic mass is 10.4. The summed E-state index contributed by atoms with van der Waals surface area (Å²) in [6.07, 6.45) is 0. The van der Waals surface area contributed by atoms with Crippen LogP contribution in [0.15, 0.2) is 15.9 Å². The van der Waals surface area contributed by atoms with Gasteiger partial charge in [0.05, 0.1) is 20.9 Å². The topological polar surface area (TPSA) is 29.9 Å². The molecule has 3 nitrogen and oxygen atoms in total. The molecule has 16 heavy (non-hydrogen) atoms. The molecule has 2 rings (SSSR count). The summed E-state index contributed by atoms with van der Waals surface area (Å²) in [5, 5.41) is 3.63. The van der Waals surface area contributed by atoms with Gasteiger partial charge in [-0.2, -0.15) is 0 Å². The lowest BCUT2D eigenvalue weighted by Gasteiger charge is -2.03. The predicted octanol–water partition coefficient (Wildman–Crippen LogP) is 3.28. The number of halogens is 2. The van der Waals surface area contributed by atoms with Crippen LogP contribution in [0.2, 0.25) is 5.15 Å². The smallest absolute Gasteiger partial charge is 0.156 e. The van der Waals surface area contributed by atoms with Gasteiger partial charge < -0.3 is 9.88 Å². The molecule has 0 aromatic carbocycles. The Labute approximate surface area is 112 Å². The maximum absolute atomic E-state index is 6.16. The molecule has 86 valence electrons. The zero-order valence-corrected chi connectivity index (χ0v) is 12.1. The Bertz CT molecular complexity index is 506. The molecular weight excluding hydrogens is 310 g/mol. The normalized spacial score (nSPS) is 11.0. The van der Waals surface area contributed by atoms with Crippen LogP contribution in [0.1, 0.15) is 5.82 Å². The van der Waals surface area contributed by atoms with Crippen molar-refractivity contribution in [2.24, 2.45) is 7.05 Å². The Morgan fingerprint density at radius 3 is 2.88 bits per heavy atom. The number of thiophene rings is 1. The summed E-state index contributed by atoms with van der Waals surface area (Å²) in [6.45, 7) is 0.711. The SMILES string of the molecule is CNCc1nc(Cl)c(-c2ccc(Br)s2)n1C. The van der Waals surface area contributed by atoms with E-state index in [1.807, 2.05) is 30.8 Å². The summed E-state index contributed by atoms with van der Waals surface area (Å²) in [7, 11) is 3.87. The molecule has 0 saturated heterocycles. The number of aromatic nitrogens is 2. The van der Waals surface area contributed by atoms with Crippen molar-refractivity contribution < 1.29 is 0 Å². The number of nitrogens with zero attached hydrogens (tertiary/aromatic N) is 2. The van der Waals surface area contributed by atoms with E-state index in [-0.39, 0.29) is 0 Å². The van der Waals surface area contributed by atoms with Crippen molar-refractivity contribution in [2.75, 3.05) is 7.05 Å². The van der Waals surface area contributed by atoms with Crippen LogP contribution >= 0.6 is 38.9 Å². The highest BCUT2D eigenvalue weighted by atomic mass is 79.9. The van der Waals surface area contributed by atoms with Crippen LogP contribution in [-0.2, 0) is 13.6 Å². The molecule has 0 spiro atoms. The van der Waals surface area contributed by atoms with Crippen LogP contribution in [0.3, 0.4) is 0 Å². The van der Waals surface area contributed by atoms with E-state index in [2.05, 4.69) is 26.2 Å². The summed E-state index contributed by atoms with van der Waals surface area (Å²) < 4.78 is 3.12. The second-order valence-corrected chi connectivity index (χ2v) is 6.18. The Morgan fingerprint density at radius 1 is 1.56 bits per heavy atom. The van der Waals surface area contributed by atoms with E-state index in [0.29, 0.717) is 11.7 Å². The number of rotatable bonds is 3. The molecule has 0 atom stereocenters. The largest absolute Gasteiger partial charge is 0.328 e. The van der Waals surface area contributed by atoms with E-state index in [4.69, 9.17) is 11.6 Å². The van der Waals surface area contributed by atoms with Crippen LogP contribution in [-0.4, -0.2) is 16.6 Å². The second kappa shape index (κ2) is 4.87. The van der Waals surface area contributed by atoms with E-state index in [1.165, 1.54) is 0 Å². The van der Waals surface area contributed by atoms with Gasteiger partial charge in [-0.3, -0.25) is 0 Å². The van der Waals surface area contributed by atoms with E-state index >= 15 is 0 Å². The minimum atomic E-state index is 0.558. The third-order valence-electron chi connectivity index (χ3n) is 2.29. The van der Waals surface area contributed by atoms with Crippen molar-refractivity contribution >= 4 is 38.9 Å². The first-order valence-corrected chi connectivity index (χ1v) is 6.73. The van der Waals surface area contributed by atoms with Crippen molar-refractivity contribution in [1.29, 1.82) is 0 Å². The zero-order chi connectivity index (χ0) is 11.7. The molecule has 0 bridgehead atoms. The highest BCUT2D eigenvalue weighted by molar-refractivity contribution is 9.11. The van der Waals surface area contributed by atoms with Gasteiger partial charge in [0.1, 0.15) is 5.82 Å². The fourth-order valence-corrected chi connectivity index (χ4v) is 3.38. The molecule has 0 amide bonds. The van der Waals surface area contributed by atoms with Gasteiger partial charge >= 0.3 is 0 Å². The molecule has 2 aromatic heterocycles. The molecule has 0 unspecified atom stereocenters. The lowest BCUT2D eigenvalue weighted by Crippen LogP contribution is -2.10. The molecule has 0 saturated carbocycles. The summed E-state index contributed by atoms with van der Waals surface area (Å²) >= 11 is 11.3. The number of nitrogens with one attached hydrogen (secondary N) is 1. The van der Waals surface area contributed by atoms with Crippen LogP contribution in [0.5, 0.6) is 0 Å². The minimum Gasteiger partial charge on any atom is -0.328 e. The first-order chi connectivity index (χ1) is 7.63. The van der Waals surface area contributed by atoms with Crippen LogP contribution in [0.25, 0.3) is 10.6 Å². The van der Waals surface area contributed by atoms with Gasteiger partial charge in [0.15, 0.2) is 5.15 Å². The van der Waals surface area contributed by atoms with Crippen LogP contribution in [0.4, 0.5) is 0 Å². The van der Waals surface area contributed by atoms with Crippen molar-refractivity contribution in [3.63, 3.8) is 0 Å². The first-order valence-electron chi connectivity index (χ1n) is 4.75. The van der Waals surface area contributed by atoms with Crippen molar-refractivity contribution in [3.05, 3.63) is 26.9 Å². The van der Waals surface area contributed by atoms with Gasteiger partial charge in [-0.25, -0.2) is 4.98 Å². The Morgan fingerprint density at radius 2 is 2.31 bits per heavy atom. The third-order valence-corrected chi connectivity index (χ3v) is 4.18. The first kappa shape index (κ1) is 12.1. The van der Waals surface area contributed by atoms with Gasteiger partial charge in [0.25, 0.3) is 0 Å². The minimum absolute atomic E-state index is 0.558. The molecule has 2 aromatic rings. The number of hydrogen-bond acceptors (Lipinski definition) is 3. The van der Waals surface area contributed by atoms with E-state index in [0.717, 1.165) is 20.2 Å². The summed E-state index contributed by atoms with van der Waals surface area (Å²) in [4.78, 5) is 5.46. The molecular formula is C10H11BrClN3S. The predicted molar refractivity (Wildman–Crippen MR) is 72.0 cm³/mol. The fourth-order valence-electron chi connectivity index (χ4n) is 1.53. The molecule has 0 aliphatic heterocycles. The van der Waals surface area contributed by atoms with E-state index in [9.17, 15) is 0 Å². The third kappa shape index (κ3) is 2.18.